The molecule has 0 amide bonds. The van der Waals surface area contributed by atoms with Crippen LogP contribution in [0.5, 0.6) is 0 Å². The van der Waals surface area contributed by atoms with E-state index in [1.807, 2.05) is 0 Å². The lowest BCUT2D eigenvalue weighted by Gasteiger charge is -2.27. The van der Waals surface area contributed by atoms with E-state index in [9.17, 15) is 0 Å². The third-order valence-corrected chi connectivity index (χ3v) is 4.97. The summed E-state index contributed by atoms with van der Waals surface area (Å²) in [7, 11) is 4.32. The molecule has 24 heavy (non-hydrogen) atoms. The highest BCUT2D eigenvalue weighted by Crippen LogP contribution is 2.36. The second-order valence-corrected chi connectivity index (χ2v) is 7.13. The fraction of sp³-hybridized carbons (Fsp3) is 0.455. The Bertz CT molecular complexity index is 600. The number of aryl methyl sites for hydroxylation is 2. The second-order valence-electron chi connectivity index (χ2n) is 7.13. The highest BCUT2D eigenvalue weighted by molar-refractivity contribution is 5.71. The first-order valence-electron chi connectivity index (χ1n) is 9.34. The highest BCUT2D eigenvalue weighted by atomic mass is 15.1. The normalized spacial score (nSPS) is 13.5. The molecule has 0 unspecified atom stereocenters. The van der Waals surface area contributed by atoms with Crippen molar-refractivity contribution in [3.8, 4) is 0 Å². The Hall–Kier alpha value is -1.80. The van der Waals surface area contributed by atoms with Gasteiger partial charge in [-0.05, 0) is 69.6 Å². The summed E-state index contributed by atoms with van der Waals surface area (Å²) in [5.74, 6) is 0. The lowest BCUT2D eigenvalue weighted by molar-refractivity contribution is 0.390. The number of benzene rings is 2. The largest absolute Gasteiger partial charge is 0.341 e. The number of rotatable bonds is 7. The van der Waals surface area contributed by atoms with E-state index in [2.05, 4.69) is 72.4 Å². The van der Waals surface area contributed by atoms with Crippen LogP contribution in [0.15, 0.2) is 48.5 Å². The van der Waals surface area contributed by atoms with Gasteiger partial charge in [0.05, 0.1) is 0 Å². The van der Waals surface area contributed by atoms with Crippen molar-refractivity contribution in [2.45, 2.75) is 38.5 Å². The van der Waals surface area contributed by atoms with Gasteiger partial charge in [0, 0.05) is 17.9 Å². The maximum Gasteiger partial charge on any atom is 0.0443 e. The molecule has 0 saturated carbocycles. The van der Waals surface area contributed by atoms with Gasteiger partial charge >= 0.3 is 0 Å². The first-order valence-corrected chi connectivity index (χ1v) is 9.34. The third-order valence-electron chi connectivity index (χ3n) is 4.97. The molecule has 0 spiro atoms. The number of fused-ring (bicyclic) bond motifs is 2. The molecule has 3 rings (SSSR count). The minimum absolute atomic E-state index is 1.12. The lowest BCUT2D eigenvalue weighted by Crippen LogP contribution is -2.19. The van der Waals surface area contributed by atoms with Gasteiger partial charge in [-0.25, -0.2) is 0 Å². The molecule has 1 aliphatic rings. The standard InChI is InChI=1S/C22H30N2/c1-23(2)17-9-3-4-10-18-24-21-13-7-5-11-19(21)15-16-20-12-6-8-14-22(20)24/h5-8,11-14H,3-4,9-10,15-18H2,1-2H3. The van der Waals surface area contributed by atoms with Gasteiger partial charge in [0.15, 0.2) is 0 Å². The minimum atomic E-state index is 1.12. The molecule has 0 aromatic heterocycles. The Morgan fingerprint density at radius 3 is 1.88 bits per heavy atom. The summed E-state index contributed by atoms with van der Waals surface area (Å²) < 4.78 is 0. The topological polar surface area (TPSA) is 6.48 Å². The van der Waals surface area contributed by atoms with Crippen LogP contribution in [-0.2, 0) is 12.8 Å². The fourth-order valence-corrected chi connectivity index (χ4v) is 3.66. The minimum Gasteiger partial charge on any atom is -0.341 e. The molecular weight excluding hydrogens is 292 g/mol. The van der Waals surface area contributed by atoms with Crippen LogP contribution in [0, 0.1) is 0 Å². The maximum atomic E-state index is 2.56. The molecule has 0 atom stereocenters. The molecule has 128 valence electrons. The summed E-state index contributed by atoms with van der Waals surface area (Å²) in [4.78, 5) is 4.84. The highest BCUT2D eigenvalue weighted by Gasteiger charge is 2.19. The number of unbranched alkanes of at least 4 members (excludes halogenated alkanes) is 3. The molecule has 0 aliphatic carbocycles. The summed E-state index contributed by atoms with van der Waals surface area (Å²) in [6, 6.07) is 17.9. The molecule has 2 aromatic carbocycles. The molecule has 0 N–H and O–H groups in total. The summed E-state index contributed by atoms with van der Waals surface area (Å²) in [5.41, 5.74) is 5.80. The fourth-order valence-electron chi connectivity index (χ4n) is 3.66. The van der Waals surface area contributed by atoms with Crippen LogP contribution in [0.2, 0.25) is 0 Å². The number of hydrogen-bond donors (Lipinski definition) is 0. The van der Waals surface area contributed by atoms with Gasteiger partial charge in [0.1, 0.15) is 0 Å². The average Bonchev–Trinajstić information content (AvgIpc) is 2.75. The zero-order valence-electron chi connectivity index (χ0n) is 15.2. The van der Waals surface area contributed by atoms with E-state index in [-0.39, 0.29) is 0 Å². The van der Waals surface area contributed by atoms with Crippen LogP contribution in [0.1, 0.15) is 36.8 Å². The molecule has 2 nitrogen and oxygen atoms in total. The molecular formula is C22H30N2. The average molecular weight is 322 g/mol. The zero-order chi connectivity index (χ0) is 16.8. The molecule has 1 heterocycles. The van der Waals surface area contributed by atoms with Gasteiger partial charge in [-0.15, -0.1) is 0 Å². The van der Waals surface area contributed by atoms with Gasteiger partial charge in [-0.1, -0.05) is 49.2 Å². The SMILES string of the molecule is CN(C)CCCCCCN1c2ccccc2CCc2ccccc21. The first kappa shape index (κ1) is 17.0. The van der Waals surface area contributed by atoms with E-state index in [0.717, 1.165) is 19.4 Å². The number of anilines is 2. The molecule has 0 saturated heterocycles. The van der Waals surface area contributed by atoms with Gasteiger partial charge in [0.2, 0.25) is 0 Å². The number of nitrogens with zero attached hydrogens (tertiary/aromatic N) is 2. The molecule has 2 aromatic rings. The number of para-hydroxylation sites is 2. The molecule has 0 fully saturated rings. The lowest BCUT2D eigenvalue weighted by atomic mass is 10.0. The van der Waals surface area contributed by atoms with E-state index in [1.165, 1.54) is 54.7 Å². The van der Waals surface area contributed by atoms with Gasteiger partial charge < -0.3 is 9.80 Å². The van der Waals surface area contributed by atoms with Crippen molar-refractivity contribution in [2.75, 3.05) is 32.1 Å². The summed E-state index contributed by atoms with van der Waals surface area (Å²) in [6.07, 6.45) is 7.50. The van der Waals surface area contributed by atoms with Crippen LogP contribution >= 0.6 is 0 Å². The van der Waals surface area contributed by atoms with Crippen molar-refractivity contribution in [2.24, 2.45) is 0 Å². The third kappa shape index (κ3) is 4.18. The van der Waals surface area contributed by atoms with Crippen molar-refractivity contribution in [3.63, 3.8) is 0 Å². The van der Waals surface area contributed by atoms with Gasteiger partial charge in [0.25, 0.3) is 0 Å². The zero-order valence-corrected chi connectivity index (χ0v) is 15.2. The predicted molar refractivity (Wildman–Crippen MR) is 104 cm³/mol. The van der Waals surface area contributed by atoms with Gasteiger partial charge in [-0.3, -0.25) is 0 Å². The van der Waals surface area contributed by atoms with Crippen molar-refractivity contribution in [1.29, 1.82) is 0 Å². The van der Waals surface area contributed by atoms with E-state index < -0.39 is 0 Å². The molecule has 1 aliphatic heterocycles. The Morgan fingerprint density at radius 2 is 1.29 bits per heavy atom. The van der Waals surface area contributed by atoms with Crippen LogP contribution < -0.4 is 4.90 Å². The molecule has 0 bridgehead atoms. The van der Waals surface area contributed by atoms with Crippen molar-refractivity contribution in [1.82, 2.24) is 4.90 Å². The Labute approximate surface area is 147 Å². The Morgan fingerprint density at radius 1 is 0.750 bits per heavy atom. The number of hydrogen-bond acceptors (Lipinski definition) is 2. The van der Waals surface area contributed by atoms with E-state index in [4.69, 9.17) is 0 Å². The first-order chi connectivity index (χ1) is 11.8. The second kappa shape index (κ2) is 8.34. The van der Waals surface area contributed by atoms with Crippen LogP contribution in [0.4, 0.5) is 11.4 Å². The van der Waals surface area contributed by atoms with Crippen molar-refractivity contribution >= 4 is 11.4 Å². The van der Waals surface area contributed by atoms with Crippen molar-refractivity contribution in [3.05, 3.63) is 59.7 Å². The summed E-state index contributed by atoms with van der Waals surface area (Å²) >= 11 is 0. The van der Waals surface area contributed by atoms with Crippen molar-refractivity contribution < 1.29 is 0 Å². The summed E-state index contributed by atoms with van der Waals surface area (Å²) in [6.45, 7) is 2.32. The molecule has 2 heteroatoms. The Balaban J connectivity index is 1.69. The summed E-state index contributed by atoms with van der Waals surface area (Å²) in [5, 5.41) is 0. The smallest absolute Gasteiger partial charge is 0.0443 e. The quantitative estimate of drug-likeness (QED) is 0.659. The van der Waals surface area contributed by atoms with Crippen LogP contribution in [0.3, 0.4) is 0 Å². The van der Waals surface area contributed by atoms with E-state index in [0.29, 0.717) is 0 Å². The monoisotopic (exact) mass is 322 g/mol. The van der Waals surface area contributed by atoms with Crippen LogP contribution in [-0.4, -0.2) is 32.1 Å². The van der Waals surface area contributed by atoms with E-state index in [1.54, 1.807) is 0 Å². The molecule has 0 radical (unpaired) electrons. The van der Waals surface area contributed by atoms with E-state index >= 15 is 0 Å². The maximum absolute atomic E-state index is 2.56. The van der Waals surface area contributed by atoms with Crippen LogP contribution in [0.25, 0.3) is 0 Å². The van der Waals surface area contributed by atoms with Gasteiger partial charge in [-0.2, -0.15) is 0 Å². The Kier molecular flexibility index (Phi) is 5.92. The predicted octanol–water partition coefficient (Wildman–Crippen LogP) is 5.05.